The fourth-order valence-electron chi connectivity index (χ4n) is 0.746. The summed E-state index contributed by atoms with van der Waals surface area (Å²) in [5.41, 5.74) is 0.443. The molecule has 0 saturated heterocycles. The predicted octanol–water partition coefficient (Wildman–Crippen LogP) is 2.73. The average molecular weight is 295 g/mol. The number of oxime groups is 1. The standard InChI is InChI=1S/C7H5Br2NO2/c8-5-1-4(3-10-12)7(11)6(9)2-5/h1-3,11-12H/b10-3-. The van der Waals surface area contributed by atoms with Crippen molar-refractivity contribution >= 4 is 38.1 Å². The van der Waals surface area contributed by atoms with Gasteiger partial charge in [-0.25, -0.2) is 0 Å². The molecular weight excluding hydrogens is 290 g/mol. The van der Waals surface area contributed by atoms with E-state index in [4.69, 9.17) is 5.21 Å². The largest absolute Gasteiger partial charge is 0.506 e. The first-order valence-corrected chi connectivity index (χ1v) is 4.59. The van der Waals surface area contributed by atoms with Crippen LogP contribution in [0.1, 0.15) is 5.56 Å². The zero-order valence-electron chi connectivity index (χ0n) is 5.83. The lowest BCUT2D eigenvalue weighted by molar-refractivity contribution is 0.321. The number of benzene rings is 1. The van der Waals surface area contributed by atoms with Crippen molar-refractivity contribution in [3.63, 3.8) is 0 Å². The lowest BCUT2D eigenvalue weighted by Gasteiger charge is -2.01. The number of rotatable bonds is 1. The number of phenolic OH excluding ortho intramolecular Hbond substituents is 1. The van der Waals surface area contributed by atoms with E-state index < -0.39 is 0 Å². The summed E-state index contributed by atoms with van der Waals surface area (Å²) in [6.45, 7) is 0. The summed E-state index contributed by atoms with van der Waals surface area (Å²) in [5, 5.41) is 20.5. The summed E-state index contributed by atoms with van der Waals surface area (Å²) in [7, 11) is 0. The van der Waals surface area contributed by atoms with Gasteiger partial charge in [0.1, 0.15) is 5.75 Å². The highest BCUT2D eigenvalue weighted by atomic mass is 79.9. The van der Waals surface area contributed by atoms with Gasteiger partial charge in [0.25, 0.3) is 0 Å². The fourth-order valence-corrected chi connectivity index (χ4v) is 2.00. The van der Waals surface area contributed by atoms with Crippen molar-refractivity contribution in [1.82, 2.24) is 0 Å². The number of phenols is 1. The van der Waals surface area contributed by atoms with Gasteiger partial charge in [0, 0.05) is 10.0 Å². The van der Waals surface area contributed by atoms with Crippen LogP contribution in [0.5, 0.6) is 5.75 Å². The van der Waals surface area contributed by atoms with Crippen LogP contribution in [0.4, 0.5) is 0 Å². The maximum Gasteiger partial charge on any atom is 0.138 e. The molecule has 0 spiro atoms. The Labute approximate surface area is 86.0 Å². The molecule has 0 aliphatic heterocycles. The highest BCUT2D eigenvalue weighted by molar-refractivity contribution is 9.11. The van der Waals surface area contributed by atoms with Gasteiger partial charge in [-0.3, -0.25) is 0 Å². The molecule has 12 heavy (non-hydrogen) atoms. The molecule has 1 aromatic carbocycles. The summed E-state index contributed by atoms with van der Waals surface area (Å²) in [4.78, 5) is 0. The Morgan fingerprint density at radius 1 is 1.33 bits per heavy atom. The molecule has 0 fully saturated rings. The quantitative estimate of drug-likeness (QED) is 0.475. The van der Waals surface area contributed by atoms with Crippen molar-refractivity contribution < 1.29 is 10.3 Å². The third kappa shape index (κ3) is 1.98. The SMILES string of the molecule is O/N=C\c1cc(Br)cc(Br)c1O. The van der Waals surface area contributed by atoms with Crippen LogP contribution < -0.4 is 0 Å². The van der Waals surface area contributed by atoms with E-state index in [0.29, 0.717) is 10.0 Å². The summed E-state index contributed by atoms with van der Waals surface area (Å²) in [6.07, 6.45) is 1.16. The molecule has 1 rings (SSSR count). The molecule has 0 saturated carbocycles. The van der Waals surface area contributed by atoms with Gasteiger partial charge in [0.2, 0.25) is 0 Å². The number of aromatic hydroxyl groups is 1. The number of hydrogen-bond acceptors (Lipinski definition) is 3. The maximum absolute atomic E-state index is 9.38. The topological polar surface area (TPSA) is 52.8 Å². The fraction of sp³-hybridized carbons (Fsp3) is 0. The maximum atomic E-state index is 9.38. The summed E-state index contributed by atoms with van der Waals surface area (Å²) in [5.74, 6) is 0.0519. The second kappa shape index (κ2) is 3.91. The van der Waals surface area contributed by atoms with E-state index in [2.05, 4.69) is 37.0 Å². The second-order valence-corrected chi connectivity index (χ2v) is 3.84. The van der Waals surface area contributed by atoms with Gasteiger partial charge in [-0.15, -0.1) is 0 Å². The molecule has 0 aromatic heterocycles. The van der Waals surface area contributed by atoms with Gasteiger partial charge in [-0.2, -0.15) is 0 Å². The van der Waals surface area contributed by atoms with Crippen molar-refractivity contribution in [2.75, 3.05) is 0 Å². The molecule has 0 atom stereocenters. The monoisotopic (exact) mass is 293 g/mol. The van der Waals surface area contributed by atoms with Crippen LogP contribution in [0.15, 0.2) is 26.2 Å². The van der Waals surface area contributed by atoms with Gasteiger partial charge < -0.3 is 10.3 Å². The van der Waals surface area contributed by atoms with Crippen molar-refractivity contribution in [3.8, 4) is 5.75 Å². The van der Waals surface area contributed by atoms with Crippen LogP contribution >= 0.6 is 31.9 Å². The van der Waals surface area contributed by atoms with Crippen molar-refractivity contribution in [3.05, 3.63) is 26.6 Å². The molecule has 5 heteroatoms. The first kappa shape index (κ1) is 9.54. The highest BCUT2D eigenvalue weighted by Gasteiger charge is 2.04. The molecular formula is C7H5Br2NO2. The van der Waals surface area contributed by atoms with Gasteiger partial charge in [-0.1, -0.05) is 21.1 Å². The van der Waals surface area contributed by atoms with Crippen LogP contribution in [-0.4, -0.2) is 16.5 Å². The normalized spacial score (nSPS) is 10.8. The first-order valence-electron chi connectivity index (χ1n) is 3.00. The Hall–Kier alpha value is -0.550. The zero-order valence-corrected chi connectivity index (χ0v) is 9.00. The molecule has 0 radical (unpaired) electrons. The molecule has 64 valence electrons. The summed E-state index contributed by atoms with van der Waals surface area (Å²) in [6, 6.07) is 3.34. The van der Waals surface area contributed by atoms with E-state index in [1.807, 2.05) is 0 Å². The van der Waals surface area contributed by atoms with E-state index in [1.165, 1.54) is 0 Å². The van der Waals surface area contributed by atoms with E-state index >= 15 is 0 Å². The van der Waals surface area contributed by atoms with E-state index in [-0.39, 0.29) is 5.75 Å². The number of hydrogen-bond donors (Lipinski definition) is 2. The van der Waals surface area contributed by atoms with Crippen LogP contribution in [0.25, 0.3) is 0 Å². The molecule has 0 bridgehead atoms. The molecule has 0 heterocycles. The van der Waals surface area contributed by atoms with E-state index in [1.54, 1.807) is 12.1 Å². The second-order valence-electron chi connectivity index (χ2n) is 2.07. The zero-order chi connectivity index (χ0) is 9.14. The Morgan fingerprint density at radius 3 is 2.58 bits per heavy atom. The molecule has 0 amide bonds. The van der Waals surface area contributed by atoms with Crippen molar-refractivity contribution in [1.29, 1.82) is 0 Å². The van der Waals surface area contributed by atoms with Gasteiger partial charge in [0.15, 0.2) is 0 Å². The van der Waals surface area contributed by atoms with Gasteiger partial charge in [-0.05, 0) is 28.1 Å². The smallest absolute Gasteiger partial charge is 0.138 e. The summed E-state index contributed by atoms with van der Waals surface area (Å²) >= 11 is 6.38. The third-order valence-electron chi connectivity index (χ3n) is 1.25. The van der Waals surface area contributed by atoms with Crippen LogP contribution in [0.3, 0.4) is 0 Å². The lowest BCUT2D eigenvalue weighted by atomic mass is 10.2. The molecule has 3 nitrogen and oxygen atoms in total. The molecule has 0 aliphatic rings. The van der Waals surface area contributed by atoms with E-state index in [0.717, 1.165) is 10.7 Å². The minimum absolute atomic E-state index is 0.0519. The van der Waals surface area contributed by atoms with Crippen LogP contribution in [0, 0.1) is 0 Å². The highest BCUT2D eigenvalue weighted by Crippen LogP contribution is 2.30. The van der Waals surface area contributed by atoms with E-state index in [9.17, 15) is 5.11 Å². The van der Waals surface area contributed by atoms with Crippen molar-refractivity contribution in [2.45, 2.75) is 0 Å². The molecule has 2 N–H and O–H groups in total. The first-order chi connectivity index (χ1) is 5.65. The Bertz CT molecular complexity index is 325. The number of nitrogens with zero attached hydrogens (tertiary/aromatic N) is 1. The Morgan fingerprint density at radius 2 is 2.00 bits per heavy atom. The molecule has 0 unspecified atom stereocenters. The minimum Gasteiger partial charge on any atom is -0.506 e. The predicted molar refractivity (Wildman–Crippen MR) is 52.9 cm³/mol. The minimum atomic E-state index is 0.0519. The van der Waals surface area contributed by atoms with Crippen LogP contribution in [-0.2, 0) is 0 Å². The van der Waals surface area contributed by atoms with Crippen LogP contribution in [0.2, 0.25) is 0 Å². The van der Waals surface area contributed by atoms with Crippen molar-refractivity contribution in [2.24, 2.45) is 5.16 Å². The van der Waals surface area contributed by atoms with Gasteiger partial charge in [0.05, 0.1) is 10.7 Å². The molecule has 1 aromatic rings. The Kier molecular flexibility index (Phi) is 3.11. The summed E-state index contributed by atoms with van der Waals surface area (Å²) < 4.78 is 1.34. The third-order valence-corrected chi connectivity index (χ3v) is 2.32. The lowest BCUT2D eigenvalue weighted by Crippen LogP contribution is -1.83. The molecule has 0 aliphatic carbocycles. The Balaban J connectivity index is 3.27. The number of halogens is 2. The average Bonchev–Trinajstić information content (AvgIpc) is 2.00. The van der Waals surface area contributed by atoms with Gasteiger partial charge >= 0.3 is 0 Å².